The SMILES string of the molecule is C.CCCCCCCCNC1c2ccc(Cl)cc2S(=O)(=O)N(C)c2ccsc21.CCCCCCNC1c2ccc(C)cc2S(=O)(=O)N(C)c2ccsc21.CCCCNC1c2ccc(C)cc2S(=O)(=O)N(C)c2ccsc21.COCCCNC1c2ccc(C)cc2S(=O)(=O)N(C)c2ccsc21.O=C=O.O=C=O. The maximum atomic E-state index is 13.1. The summed E-state index contributed by atoms with van der Waals surface area (Å²) >= 11 is 12.5. The van der Waals surface area contributed by atoms with Crippen LogP contribution in [-0.4, -0.2) is 114 Å². The first kappa shape index (κ1) is 88.4. The van der Waals surface area contributed by atoms with Gasteiger partial charge in [-0.3, -0.25) is 17.2 Å². The highest BCUT2D eigenvalue weighted by Gasteiger charge is 2.40. The minimum absolute atomic E-state index is 0. The lowest BCUT2D eigenvalue weighted by Gasteiger charge is -2.19. The lowest BCUT2D eigenvalue weighted by molar-refractivity contribution is -0.193. The Morgan fingerprint density at radius 1 is 0.387 bits per heavy atom. The zero-order chi connectivity index (χ0) is 76.8. The summed E-state index contributed by atoms with van der Waals surface area (Å²) in [5.74, 6) is 0. The summed E-state index contributed by atoms with van der Waals surface area (Å²) in [6.45, 7) is 16.4. The number of nitrogens with one attached hydrogen (secondary N) is 4. The predicted octanol–water partition coefficient (Wildman–Crippen LogP) is 16.1. The number of nitrogens with zero attached hydrogens (tertiary/aromatic N) is 4. The van der Waals surface area contributed by atoms with Gasteiger partial charge >= 0.3 is 12.3 Å². The molecule has 4 atom stereocenters. The summed E-state index contributed by atoms with van der Waals surface area (Å²) < 4.78 is 115. The van der Waals surface area contributed by atoms with Gasteiger partial charge in [0.25, 0.3) is 40.1 Å². The standard InChI is InChI=1S/C20H27ClN2O2S2.C19H26N2O2S2.C17H22N2O3S2.C17H22N2O2S2.2CO2.CH4/c1-3-4-5-6-7-8-12-22-19-16-10-9-15(21)14-18(16)27(24,25)23(2)17-11-13-26-20(17)19;1-4-5-6-7-11-20-18-15-9-8-14(2)13-17(15)25(22,23)21(3)16-10-12-24-19(16)18;1-12-5-6-13-15(11-12)24(20,21)19(2)14-7-10-23-17(14)16(13)18-8-4-9-22-3;1-4-5-9-18-16-13-7-6-12(2)11-15(13)23(20,21)19(3)14-8-10-22-17(14)16;2*2-1-3;/h9-11,13-14,19,22H,3-8,12H2,1-2H3;8-10,12-13,18,20H,4-7,11H2,1-3H3;5-7,10-11,16,18H,4,8-9H2,1-3H3;6-8,10-11,16,18H,4-5,9H2,1-3H3;;;1H4. The lowest BCUT2D eigenvalue weighted by Crippen LogP contribution is -2.26. The van der Waals surface area contributed by atoms with Crippen LogP contribution in [0, 0.1) is 20.8 Å². The van der Waals surface area contributed by atoms with Gasteiger partial charge in [0, 0.05) is 46.9 Å². The fraction of sp³-hybridized carbons (Fsp3) is 0.447. The fourth-order valence-corrected chi connectivity index (χ4v) is 23.4. The second-order valence-electron chi connectivity index (χ2n) is 25.6. The van der Waals surface area contributed by atoms with Crippen molar-refractivity contribution in [1.82, 2.24) is 21.3 Å². The molecule has 0 amide bonds. The number of unbranched alkanes of at least 4 members (excludes halogenated alkanes) is 9. The zero-order valence-electron chi connectivity index (χ0n) is 61.3. The average molecular weight is 1630 g/mol. The van der Waals surface area contributed by atoms with Gasteiger partial charge in [-0.15, -0.1) is 45.3 Å². The molecule has 0 fully saturated rings. The Hall–Kier alpha value is -6.47. The number of benzene rings is 4. The number of anilines is 4. The monoisotopic (exact) mass is 1620 g/mol. The molecule has 8 aromatic rings. The van der Waals surface area contributed by atoms with E-state index in [1.807, 2.05) is 109 Å². The number of hydrogen-bond donors (Lipinski definition) is 4. The molecule has 4 aromatic carbocycles. The number of aryl methyl sites for hydroxylation is 3. The minimum Gasteiger partial charge on any atom is -0.385 e. The second-order valence-corrected chi connectivity index (χ2v) is 37.6. The van der Waals surface area contributed by atoms with Gasteiger partial charge in [-0.25, -0.2) is 33.7 Å². The third-order valence-electron chi connectivity index (χ3n) is 18.4. The summed E-state index contributed by atoms with van der Waals surface area (Å²) in [6.07, 6.45) is 15.7. The second kappa shape index (κ2) is 41.4. The molecule has 30 heteroatoms. The number of fused-ring (bicyclic) bond motifs is 8. The van der Waals surface area contributed by atoms with Crippen molar-refractivity contribution in [2.24, 2.45) is 0 Å². The summed E-state index contributed by atoms with van der Waals surface area (Å²) in [5.41, 5.74) is 9.20. The molecule has 4 unspecified atom stereocenters. The molecule has 21 nitrogen and oxygen atoms in total. The number of hydrogen-bond acceptors (Lipinski definition) is 21. The van der Waals surface area contributed by atoms with E-state index in [1.165, 1.54) is 68.6 Å². The first-order chi connectivity index (χ1) is 50.2. The number of carbonyl (C=O) groups excluding carboxylic acids is 4. The predicted molar refractivity (Wildman–Crippen MR) is 430 cm³/mol. The summed E-state index contributed by atoms with van der Waals surface area (Å²) in [4.78, 5) is 38.2. The largest absolute Gasteiger partial charge is 0.385 e. The number of sulfonamides is 4. The first-order valence-electron chi connectivity index (χ1n) is 35.0. The third-order valence-corrected chi connectivity index (χ3v) is 29.8. The van der Waals surface area contributed by atoms with Gasteiger partial charge in [0.1, 0.15) is 0 Å². The van der Waals surface area contributed by atoms with Crippen LogP contribution in [0.25, 0.3) is 0 Å². The van der Waals surface area contributed by atoms with Crippen molar-refractivity contribution in [1.29, 1.82) is 0 Å². The van der Waals surface area contributed by atoms with Gasteiger partial charge in [-0.05, 0) is 188 Å². The van der Waals surface area contributed by atoms with Crippen LogP contribution in [0.3, 0.4) is 0 Å². The van der Waals surface area contributed by atoms with E-state index >= 15 is 0 Å². The minimum atomic E-state index is -3.63. The Morgan fingerprint density at radius 2 is 0.642 bits per heavy atom. The molecular formula is C76H101ClN8O13S8. The van der Waals surface area contributed by atoms with Crippen LogP contribution in [0.15, 0.2) is 138 Å². The zero-order valence-corrected chi connectivity index (χ0v) is 68.6. The topological polar surface area (TPSA) is 275 Å². The molecule has 0 saturated carbocycles. The molecule has 4 N–H and O–H groups in total. The third kappa shape index (κ3) is 20.9. The molecular weight excluding hydrogens is 1520 g/mol. The number of halogens is 1. The molecule has 0 bridgehead atoms. The van der Waals surface area contributed by atoms with E-state index in [1.54, 1.807) is 111 Å². The van der Waals surface area contributed by atoms with Gasteiger partial charge in [0.15, 0.2) is 0 Å². The van der Waals surface area contributed by atoms with Crippen LogP contribution in [0.4, 0.5) is 22.7 Å². The quantitative estimate of drug-likeness (QED) is 0.0433. The number of thiophene rings is 4. The van der Waals surface area contributed by atoms with E-state index in [4.69, 9.17) is 35.5 Å². The highest BCUT2D eigenvalue weighted by atomic mass is 35.5. The molecule has 0 saturated heterocycles. The van der Waals surface area contributed by atoms with Crippen molar-refractivity contribution in [3.05, 3.63) is 182 Å². The van der Waals surface area contributed by atoms with Gasteiger partial charge in [-0.1, -0.05) is 140 Å². The highest BCUT2D eigenvalue weighted by molar-refractivity contribution is 7.93. The number of rotatable bonds is 23. The lowest BCUT2D eigenvalue weighted by atomic mass is 10.0. The van der Waals surface area contributed by atoms with Gasteiger partial charge in [-0.2, -0.15) is 19.2 Å². The van der Waals surface area contributed by atoms with Crippen LogP contribution in [-0.2, 0) is 64.0 Å². The van der Waals surface area contributed by atoms with E-state index < -0.39 is 40.1 Å². The average Bonchev–Trinajstić information content (AvgIpc) is 1.60. The van der Waals surface area contributed by atoms with Crippen LogP contribution in [0.5, 0.6) is 0 Å². The fourth-order valence-electron chi connectivity index (χ4n) is 12.8. The Balaban J connectivity index is 0.000000215. The van der Waals surface area contributed by atoms with E-state index in [9.17, 15) is 33.7 Å². The van der Waals surface area contributed by atoms with E-state index in [0.29, 0.717) is 31.2 Å². The Kier molecular flexibility index (Phi) is 34.5. The van der Waals surface area contributed by atoms with Crippen molar-refractivity contribution in [3.8, 4) is 0 Å². The Morgan fingerprint density at radius 3 is 0.943 bits per heavy atom. The van der Waals surface area contributed by atoms with E-state index in [0.717, 1.165) is 139 Å². The number of methoxy groups -OCH3 is 1. The van der Waals surface area contributed by atoms with Crippen LogP contribution in [0.1, 0.15) is 194 Å². The van der Waals surface area contributed by atoms with Gasteiger partial charge in [0.05, 0.1) is 86.0 Å². The molecule has 4 aliphatic rings. The van der Waals surface area contributed by atoms with E-state index in [2.05, 4.69) is 42.0 Å². The molecule has 12 rings (SSSR count). The van der Waals surface area contributed by atoms with Crippen molar-refractivity contribution in [3.63, 3.8) is 0 Å². The number of ether oxygens (including phenoxy) is 1. The van der Waals surface area contributed by atoms with Gasteiger partial charge < -0.3 is 26.0 Å². The molecule has 0 aliphatic carbocycles. The molecule has 4 aliphatic heterocycles. The molecule has 4 aromatic heterocycles. The summed E-state index contributed by atoms with van der Waals surface area (Å²) in [6, 6.07) is 29.5. The Labute approximate surface area is 649 Å². The Bertz CT molecular complexity index is 4710. The smallest absolute Gasteiger partial charge is 0.373 e. The van der Waals surface area contributed by atoms with Crippen molar-refractivity contribution in [2.75, 3.05) is 85.3 Å². The van der Waals surface area contributed by atoms with Crippen molar-refractivity contribution in [2.45, 2.75) is 176 Å². The normalized spacial score (nSPS) is 17.5. The molecule has 106 heavy (non-hydrogen) atoms. The molecule has 0 spiro atoms. The van der Waals surface area contributed by atoms with Crippen LogP contribution < -0.4 is 38.5 Å². The highest BCUT2D eigenvalue weighted by Crippen LogP contribution is 2.48. The molecule has 0 radical (unpaired) electrons. The van der Waals surface area contributed by atoms with Crippen molar-refractivity contribution < 1.29 is 57.6 Å². The van der Waals surface area contributed by atoms with Crippen molar-refractivity contribution >= 4 is 132 Å². The van der Waals surface area contributed by atoms with Gasteiger partial charge in [0.2, 0.25) is 0 Å². The maximum Gasteiger partial charge on any atom is 0.373 e. The molecule has 8 heterocycles. The van der Waals surface area contributed by atoms with Crippen LogP contribution in [0.2, 0.25) is 5.02 Å². The first-order valence-corrected chi connectivity index (χ1v) is 44.6. The molecule has 578 valence electrons. The van der Waals surface area contributed by atoms with E-state index in [-0.39, 0.29) is 43.9 Å². The van der Waals surface area contributed by atoms with Crippen LogP contribution >= 0.6 is 56.9 Å². The summed E-state index contributed by atoms with van der Waals surface area (Å²) in [7, 11) is -6.03. The maximum absolute atomic E-state index is 13.1. The summed E-state index contributed by atoms with van der Waals surface area (Å²) in [5, 5.41) is 22.6.